The summed E-state index contributed by atoms with van der Waals surface area (Å²) in [5.74, 6) is -1.16. The van der Waals surface area contributed by atoms with Crippen molar-refractivity contribution in [2.75, 3.05) is 12.4 Å². The second kappa shape index (κ2) is 13.7. The van der Waals surface area contributed by atoms with Gasteiger partial charge in [0.1, 0.15) is 17.3 Å². The Hall–Kier alpha value is -4.16. The van der Waals surface area contributed by atoms with Gasteiger partial charge < -0.3 is 14.5 Å². The first-order valence-electron chi connectivity index (χ1n) is 12.4. The number of methoxy groups -OCH3 is 1. The van der Waals surface area contributed by atoms with Crippen LogP contribution in [0, 0.1) is 6.92 Å². The van der Waals surface area contributed by atoms with Crippen LogP contribution in [-0.2, 0) is 32.7 Å². The maximum atomic E-state index is 13.5. The van der Waals surface area contributed by atoms with Gasteiger partial charge in [-0.05, 0) is 67.1 Å². The van der Waals surface area contributed by atoms with Gasteiger partial charge in [-0.2, -0.15) is 9.41 Å². The summed E-state index contributed by atoms with van der Waals surface area (Å²) in [7, 11) is -2.51. The Morgan fingerprint density at radius 1 is 0.929 bits per heavy atom. The first kappa shape index (κ1) is 30.8. The summed E-state index contributed by atoms with van der Waals surface area (Å²) in [5.41, 5.74) is 4.17. The number of benzene rings is 3. The van der Waals surface area contributed by atoms with Crippen LogP contribution in [0.2, 0.25) is 10.0 Å². The van der Waals surface area contributed by atoms with Crippen LogP contribution in [0.25, 0.3) is 0 Å². The van der Waals surface area contributed by atoms with Crippen LogP contribution in [-0.4, -0.2) is 37.9 Å². The largest absolute Gasteiger partial charge is 0.495 e. The molecule has 0 aliphatic rings. The summed E-state index contributed by atoms with van der Waals surface area (Å²) in [6.45, 7) is 1.96. The zero-order chi connectivity index (χ0) is 30.3. The number of aryl methyl sites for hydroxylation is 1. The van der Waals surface area contributed by atoms with Crippen LogP contribution in [0.15, 0.2) is 93.3 Å². The highest BCUT2D eigenvalue weighted by atomic mass is 35.5. The molecule has 0 spiro atoms. The molecule has 0 radical (unpaired) electrons. The Bertz CT molecular complexity index is 1700. The molecule has 0 aliphatic heterocycles. The number of furan rings is 1. The summed E-state index contributed by atoms with van der Waals surface area (Å²) >= 11 is 11.9. The average molecular weight is 630 g/mol. The van der Waals surface area contributed by atoms with Crippen LogP contribution in [0.5, 0.6) is 5.75 Å². The van der Waals surface area contributed by atoms with E-state index in [1.54, 1.807) is 24.3 Å². The summed E-state index contributed by atoms with van der Waals surface area (Å²) in [5, 5.41) is 6.92. The van der Waals surface area contributed by atoms with E-state index in [9.17, 15) is 18.0 Å². The van der Waals surface area contributed by atoms with Crippen molar-refractivity contribution in [3.05, 3.63) is 112 Å². The number of hydrazone groups is 1. The molecule has 0 atom stereocenters. The minimum atomic E-state index is -3.92. The number of nitrogens with one attached hydrogen (secondary N) is 2. The molecule has 0 aliphatic carbocycles. The van der Waals surface area contributed by atoms with Crippen LogP contribution in [0.3, 0.4) is 0 Å². The molecular weight excluding hydrogens is 603 g/mol. The third kappa shape index (κ3) is 7.98. The summed E-state index contributed by atoms with van der Waals surface area (Å²) in [6, 6.07) is 21.2. The third-order valence-electron chi connectivity index (χ3n) is 5.92. The quantitative estimate of drug-likeness (QED) is 0.138. The predicted octanol–water partition coefficient (Wildman–Crippen LogP) is 5.38. The number of nitrogens with zero attached hydrogens (tertiary/aromatic N) is 2. The van der Waals surface area contributed by atoms with E-state index in [2.05, 4.69) is 15.8 Å². The molecule has 4 aromatic rings. The van der Waals surface area contributed by atoms with Gasteiger partial charge in [-0.3, -0.25) is 9.59 Å². The van der Waals surface area contributed by atoms with Gasteiger partial charge in [0.15, 0.2) is 0 Å². The monoisotopic (exact) mass is 628 g/mol. The number of halogens is 2. The van der Waals surface area contributed by atoms with E-state index in [1.165, 1.54) is 48.0 Å². The molecule has 0 unspecified atom stereocenters. The minimum absolute atomic E-state index is 0.0804. The van der Waals surface area contributed by atoms with Gasteiger partial charge in [-0.15, -0.1) is 0 Å². The first-order valence-corrected chi connectivity index (χ1v) is 14.6. The second-order valence-electron chi connectivity index (χ2n) is 9.01. The van der Waals surface area contributed by atoms with Crippen molar-refractivity contribution in [2.24, 2.45) is 5.10 Å². The topological polar surface area (TPSA) is 130 Å². The molecule has 0 saturated heterocycles. The van der Waals surface area contributed by atoms with Crippen molar-refractivity contribution in [2.45, 2.75) is 24.9 Å². The maximum absolute atomic E-state index is 13.5. The SMILES string of the molecule is COc1ccc(Cl)cc1NC(=O)C(=O)N/N=C/c1ccc(CN(Cc2ccc(C)cc2)S(=O)(=O)c2ccc(Cl)cc2)o1. The van der Waals surface area contributed by atoms with E-state index in [1.807, 2.05) is 31.2 Å². The van der Waals surface area contributed by atoms with Gasteiger partial charge in [-0.25, -0.2) is 13.8 Å². The number of carbonyl (C=O) groups is 2. The van der Waals surface area contributed by atoms with Crippen LogP contribution >= 0.6 is 23.2 Å². The summed E-state index contributed by atoms with van der Waals surface area (Å²) in [4.78, 5) is 24.6. The molecule has 0 fully saturated rings. The fourth-order valence-electron chi connectivity index (χ4n) is 3.76. The smallest absolute Gasteiger partial charge is 0.329 e. The Kier molecular flexibility index (Phi) is 10.0. The third-order valence-corrected chi connectivity index (χ3v) is 8.21. The molecule has 0 saturated carbocycles. The number of carbonyl (C=O) groups excluding carboxylic acids is 2. The molecule has 13 heteroatoms. The van der Waals surface area contributed by atoms with E-state index >= 15 is 0 Å². The van der Waals surface area contributed by atoms with Gasteiger partial charge in [0, 0.05) is 16.6 Å². The van der Waals surface area contributed by atoms with E-state index in [4.69, 9.17) is 32.4 Å². The molecule has 2 N–H and O–H groups in total. The molecule has 3 aromatic carbocycles. The van der Waals surface area contributed by atoms with Gasteiger partial charge in [-0.1, -0.05) is 53.0 Å². The van der Waals surface area contributed by atoms with Crippen LogP contribution < -0.4 is 15.5 Å². The minimum Gasteiger partial charge on any atom is -0.495 e. The predicted molar refractivity (Wildman–Crippen MR) is 160 cm³/mol. The molecule has 1 aromatic heterocycles. The molecular formula is C29H26Cl2N4O6S. The standard InChI is InChI=1S/C29H26Cl2N4O6S/c1-19-3-5-20(6-4-19)17-35(42(38,39)25-12-7-21(30)8-13-25)18-24-11-10-23(41-24)16-32-34-29(37)28(36)33-26-15-22(31)9-14-27(26)40-2/h3-16H,17-18H2,1-2H3,(H,33,36)(H,34,37)/b32-16+. The van der Waals surface area contributed by atoms with Crippen molar-refractivity contribution in [1.82, 2.24) is 9.73 Å². The van der Waals surface area contributed by atoms with Crippen LogP contribution in [0.1, 0.15) is 22.6 Å². The zero-order valence-corrected chi connectivity index (χ0v) is 24.8. The highest BCUT2D eigenvalue weighted by Gasteiger charge is 2.26. The van der Waals surface area contributed by atoms with Gasteiger partial charge in [0.2, 0.25) is 10.0 Å². The number of hydrogen-bond acceptors (Lipinski definition) is 7. The molecule has 218 valence electrons. The van der Waals surface area contributed by atoms with Gasteiger partial charge in [0.25, 0.3) is 0 Å². The number of hydrogen-bond donors (Lipinski definition) is 2. The van der Waals surface area contributed by atoms with Gasteiger partial charge in [0.05, 0.1) is 30.5 Å². The van der Waals surface area contributed by atoms with Crippen molar-refractivity contribution in [1.29, 1.82) is 0 Å². The lowest BCUT2D eigenvalue weighted by Crippen LogP contribution is -2.32. The fourth-order valence-corrected chi connectivity index (χ4v) is 5.46. The lowest BCUT2D eigenvalue weighted by atomic mass is 10.1. The Labute approximate surface area is 252 Å². The normalized spacial score (nSPS) is 11.5. The number of sulfonamides is 1. The lowest BCUT2D eigenvalue weighted by Gasteiger charge is -2.21. The molecule has 4 rings (SSSR count). The summed E-state index contributed by atoms with van der Waals surface area (Å²) in [6.07, 6.45) is 1.19. The molecule has 42 heavy (non-hydrogen) atoms. The molecule has 0 bridgehead atoms. The first-order chi connectivity index (χ1) is 20.0. The van der Waals surface area contributed by atoms with Crippen molar-refractivity contribution in [3.8, 4) is 5.75 Å². The van der Waals surface area contributed by atoms with Gasteiger partial charge >= 0.3 is 11.8 Å². The van der Waals surface area contributed by atoms with E-state index < -0.39 is 21.8 Å². The molecule has 10 nitrogen and oxygen atoms in total. The van der Waals surface area contributed by atoms with E-state index in [0.29, 0.717) is 21.6 Å². The number of rotatable bonds is 10. The van der Waals surface area contributed by atoms with E-state index in [-0.39, 0.29) is 29.4 Å². The van der Waals surface area contributed by atoms with Crippen LogP contribution in [0.4, 0.5) is 5.69 Å². The Balaban J connectivity index is 1.44. The lowest BCUT2D eigenvalue weighted by molar-refractivity contribution is -0.136. The second-order valence-corrected chi connectivity index (χ2v) is 11.8. The highest BCUT2D eigenvalue weighted by Crippen LogP contribution is 2.27. The maximum Gasteiger partial charge on any atom is 0.329 e. The highest BCUT2D eigenvalue weighted by molar-refractivity contribution is 7.89. The number of ether oxygens (including phenoxy) is 1. The molecule has 1 heterocycles. The fraction of sp³-hybridized carbons (Fsp3) is 0.138. The molecule has 2 amide bonds. The van der Waals surface area contributed by atoms with Crippen molar-refractivity contribution >= 4 is 56.9 Å². The van der Waals surface area contributed by atoms with Crippen molar-refractivity contribution in [3.63, 3.8) is 0 Å². The Morgan fingerprint density at radius 2 is 1.62 bits per heavy atom. The number of amides is 2. The average Bonchev–Trinajstić information content (AvgIpc) is 3.41. The summed E-state index contributed by atoms with van der Waals surface area (Å²) < 4.78 is 39.3. The number of anilines is 1. The van der Waals surface area contributed by atoms with Crippen molar-refractivity contribution < 1.29 is 27.2 Å². The Morgan fingerprint density at radius 3 is 2.31 bits per heavy atom. The zero-order valence-electron chi connectivity index (χ0n) is 22.5. The van der Waals surface area contributed by atoms with E-state index in [0.717, 1.165) is 11.1 Å².